The summed E-state index contributed by atoms with van der Waals surface area (Å²) in [6.07, 6.45) is 2.15. The number of Topliss-reactive ketones (excluding diaryl/α,β-unsaturated/α-hetero) is 1. The SMILES string of the molecule is COC(=O)[C@H]1[C@H]2[C@@]3(CC[C@H](O)[C@]2(CO)C(=O)O3)[C@@H]2CC[C@@H]3C[C@@]21CC3=O. The second kappa shape index (κ2) is 4.87. The molecule has 0 aromatic rings. The van der Waals surface area contributed by atoms with Gasteiger partial charge in [-0.3, -0.25) is 14.4 Å². The molecule has 2 N–H and O–H groups in total. The fourth-order valence-electron chi connectivity index (χ4n) is 7.69. The third kappa shape index (κ3) is 1.50. The van der Waals surface area contributed by atoms with Crippen LogP contribution in [0, 0.1) is 34.5 Å². The van der Waals surface area contributed by atoms with Gasteiger partial charge in [0.25, 0.3) is 0 Å². The van der Waals surface area contributed by atoms with Crippen LogP contribution in [0.25, 0.3) is 0 Å². The van der Waals surface area contributed by atoms with Crippen LogP contribution in [0.2, 0.25) is 0 Å². The lowest BCUT2D eigenvalue weighted by molar-refractivity contribution is -0.167. The molecule has 7 nitrogen and oxygen atoms in total. The molecule has 26 heavy (non-hydrogen) atoms. The molecular weight excluding hydrogens is 340 g/mol. The first kappa shape index (κ1) is 16.7. The summed E-state index contributed by atoms with van der Waals surface area (Å²) in [6.45, 7) is -0.562. The zero-order valence-corrected chi connectivity index (χ0v) is 14.8. The van der Waals surface area contributed by atoms with Crippen molar-refractivity contribution in [2.24, 2.45) is 34.5 Å². The Morgan fingerprint density at radius 2 is 2.08 bits per heavy atom. The summed E-state index contributed by atoms with van der Waals surface area (Å²) in [6, 6.07) is 0. The van der Waals surface area contributed by atoms with Gasteiger partial charge in [-0.25, -0.2) is 0 Å². The second-order valence-corrected chi connectivity index (χ2v) is 8.98. The molecule has 1 saturated heterocycles. The summed E-state index contributed by atoms with van der Waals surface area (Å²) in [7, 11) is 1.31. The molecule has 142 valence electrons. The zero-order chi connectivity index (χ0) is 18.5. The third-order valence-electron chi connectivity index (χ3n) is 8.49. The van der Waals surface area contributed by atoms with E-state index in [1.807, 2.05) is 0 Å². The Morgan fingerprint density at radius 3 is 2.77 bits per heavy atom. The number of esters is 2. The summed E-state index contributed by atoms with van der Waals surface area (Å²) in [5.41, 5.74) is -2.96. The van der Waals surface area contributed by atoms with Crippen molar-refractivity contribution in [1.82, 2.24) is 0 Å². The number of aliphatic hydroxyl groups excluding tert-OH is 2. The van der Waals surface area contributed by atoms with Gasteiger partial charge in [0.15, 0.2) is 0 Å². The highest BCUT2D eigenvalue weighted by Gasteiger charge is 2.84. The van der Waals surface area contributed by atoms with Gasteiger partial charge in [0.2, 0.25) is 0 Å². The zero-order valence-electron chi connectivity index (χ0n) is 14.8. The number of ether oxygens (including phenoxy) is 2. The molecule has 0 radical (unpaired) electrons. The van der Waals surface area contributed by atoms with Gasteiger partial charge in [0.1, 0.15) is 16.8 Å². The number of carbonyl (C=O) groups excluding carboxylic acids is 3. The summed E-state index contributed by atoms with van der Waals surface area (Å²) in [4.78, 5) is 38.4. The second-order valence-electron chi connectivity index (χ2n) is 8.98. The van der Waals surface area contributed by atoms with Crippen molar-refractivity contribution in [3.8, 4) is 0 Å². The number of hydrogen-bond acceptors (Lipinski definition) is 7. The van der Waals surface area contributed by atoms with Crippen molar-refractivity contribution in [2.45, 2.75) is 50.2 Å². The lowest BCUT2D eigenvalue weighted by atomic mass is 9.58. The quantitative estimate of drug-likeness (QED) is 0.674. The predicted octanol–water partition coefficient (Wildman–Crippen LogP) is 0.210. The smallest absolute Gasteiger partial charge is 0.318 e. The van der Waals surface area contributed by atoms with Crippen LogP contribution in [0.3, 0.4) is 0 Å². The minimum Gasteiger partial charge on any atom is -0.469 e. The topological polar surface area (TPSA) is 110 Å². The molecule has 0 aromatic carbocycles. The van der Waals surface area contributed by atoms with Crippen LogP contribution in [0.1, 0.15) is 38.5 Å². The molecule has 5 fully saturated rings. The fourth-order valence-corrected chi connectivity index (χ4v) is 7.69. The Balaban J connectivity index is 1.76. The van der Waals surface area contributed by atoms with Gasteiger partial charge in [-0.1, -0.05) is 0 Å². The van der Waals surface area contributed by atoms with Gasteiger partial charge in [0.05, 0.1) is 25.7 Å². The van der Waals surface area contributed by atoms with Crippen LogP contribution >= 0.6 is 0 Å². The number of ketones is 1. The highest BCUT2D eigenvalue weighted by atomic mass is 16.6. The molecule has 4 bridgehead atoms. The lowest BCUT2D eigenvalue weighted by Crippen LogP contribution is -2.56. The lowest BCUT2D eigenvalue weighted by Gasteiger charge is -2.44. The maximum Gasteiger partial charge on any atom is 0.318 e. The number of methoxy groups -OCH3 is 1. The first-order chi connectivity index (χ1) is 12.4. The Kier molecular flexibility index (Phi) is 3.12. The van der Waals surface area contributed by atoms with Crippen LogP contribution in [0.15, 0.2) is 0 Å². The number of carbonyl (C=O) groups is 3. The van der Waals surface area contributed by atoms with Gasteiger partial charge in [0, 0.05) is 24.2 Å². The number of aliphatic hydroxyl groups is 2. The minimum atomic E-state index is -1.50. The standard InChI is InChI=1S/C19H24O7/c1-25-15(23)13-14-18(8-20)12(22)4-5-19(14,26-16(18)24)11-3-2-9-6-17(11,13)7-10(9)21/h9,11-14,20,22H,2-8H2,1H3/t9-,11-,12+,13-,14-,17-,18+,19-/m1/s1. The van der Waals surface area contributed by atoms with Crippen LogP contribution < -0.4 is 0 Å². The Labute approximate surface area is 151 Å². The van der Waals surface area contributed by atoms with E-state index in [0.717, 1.165) is 12.8 Å². The monoisotopic (exact) mass is 364 g/mol. The van der Waals surface area contributed by atoms with Gasteiger partial charge < -0.3 is 19.7 Å². The van der Waals surface area contributed by atoms with Crippen LogP contribution in [0.5, 0.6) is 0 Å². The average Bonchev–Trinajstić information content (AvgIpc) is 3.09. The Morgan fingerprint density at radius 1 is 1.31 bits per heavy atom. The van der Waals surface area contributed by atoms with Crippen molar-refractivity contribution in [2.75, 3.05) is 13.7 Å². The highest BCUT2D eigenvalue weighted by Crippen LogP contribution is 2.76. The fraction of sp³-hybridized carbons (Fsp3) is 0.842. The molecule has 5 rings (SSSR count). The molecule has 1 aliphatic heterocycles. The van der Waals surface area contributed by atoms with Gasteiger partial charge in [-0.15, -0.1) is 0 Å². The van der Waals surface area contributed by atoms with Crippen molar-refractivity contribution >= 4 is 17.7 Å². The van der Waals surface area contributed by atoms with E-state index in [1.165, 1.54) is 7.11 Å². The first-order valence-corrected chi connectivity index (χ1v) is 9.50. The van der Waals surface area contributed by atoms with Gasteiger partial charge >= 0.3 is 11.9 Å². The van der Waals surface area contributed by atoms with Crippen LogP contribution in [-0.2, 0) is 23.9 Å². The van der Waals surface area contributed by atoms with Crippen molar-refractivity contribution in [3.05, 3.63) is 0 Å². The van der Waals surface area contributed by atoms with E-state index < -0.39 is 52.9 Å². The normalized spacial score (nSPS) is 53.9. The molecular formula is C19H24O7. The van der Waals surface area contributed by atoms with E-state index in [0.29, 0.717) is 25.7 Å². The molecule has 5 aliphatic rings. The van der Waals surface area contributed by atoms with Crippen LogP contribution in [0.4, 0.5) is 0 Å². The minimum absolute atomic E-state index is 0.0424. The first-order valence-electron chi connectivity index (χ1n) is 9.50. The average molecular weight is 364 g/mol. The molecule has 4 saturated carbocycles. The number of fused-ring (bicyclic) bond motifs is 1. The van der Waals surface area contributed by atoms with Crippen molar-refractivity contribution in [1.29, 1.82) is 0 Å². The van der Waals surface area contributed by atoms with E-state index in [9.17, 15) is 24.6 Å². The maximum absolute atomic E-state index is 12.9. The molecule has 0 unspecified atom stereocenters. The molecule has 1 spiro atoms. The van der Waals surface area contributed by atoms with E-state index in [4.69, 9.17) is 9.47 Å². The van der Waals surface area contributed by atoms with E-state index in [-0.39, 0.29) is 17.6 Å². The van der Waals surface area contributed by atoms with Gasteiger partial charge in [-0.2, -0.15) is 0 Å². The van der Waals surface area contributed by atoms with Crippen LogP contribution in [-0.4, -0.2) is 53.4 Å². The largest absolute Gasteiger partial charge is 0.469 e. The molecule has 8 atom stereocenters. The Bertz CT molecular complexity index is 719. The molecule has 0 amide bonds. The highest BCUT2D eigenvalue weighted by molar-refractivity contribution is 5.90. The number of hydrogen-bond donors (Lipinski definition) is 2. The van der Waals surface area contributed by atoms with Gasteiger partial charge in [-0.05, 0) is 37.5 Å². The third-order valence-corrected chi connectivity index (χ3v) is 8.49. The molecule has 1 heterocycles. The predicted molar refractivity (Wildman–Crippen MR) is 85.5 cm³/mol. The van der Waals surface area contributed by atoms with Crippen molar-refractivity contribution in [3.63, 3.8) is 0 Å². The summed E-state index contributed by atoms with van der Waals surface area (Å²) in [5, 5.41) is 20.9. The summed E-state index contributed by atoms with van der Waals surface area (Å²) < 4.78 is 11.1. The van der Waals surface area contributed by atoms with Crippen molar-refractivity contribution < 1.29 is 34.1 Å². The number of rotatable bonds is 2. The Hall–Kier alpha value is -1.47. The van der Waals surface area contributed by atoms with E-state index in [2.05, 4.69) is 0 Å². The summed E-state index contributed by atoms with van der Waals surface area (Å²) in [5.74, 6) is -2.38. The van der Waals surface area contributed by atoms with E-state index >= 15 is 0 Å². The molecule has 4 aliphatic carbocycles. The molecule has 0 aromatic heterocycles. The summed E-state index contributed by atoms with van der Waals surface area (Å²) >= 11 is 0. The maximum atomic E-state index is 12.9. The van der Waals surface area contributed by atoms with E-state index in [1.54, 1.807) is 0 Å². The molecule has 7 heteroatoms.